The minimum atomic E-state index is -1.04. The van der Waals surface area contributed by atoms with Crippen LogP contribution in [0.25, 0.3) is 0 Å². The van der Waals surface area contributed by atoms with Crippen LogP contribution in [0.3, 0.4) is 0 Å². The molecule has 0 aliphatic rings. The molecule has 0 atom stereocenters. The average Bonchev–Trinajstić information content (AvgIpc) is 1.67. The van der Waals surface area contributed by atoms with Crippen LogP contribution in [0.5, 0.6) is 0 Å². The molecule has 0 saturated carbocycles. The zero-order valence-corrected chi connectivity index (χ0v) is 4.87. The van der Waals surface area contributed by atoms with E-state index in [2.05, 4.69) is 6.58 Å². The zero-order chi connectivity index (χ0) is 6.57. The molecule has 0 rings (SSSR count). The highest BCUT2D eigenvalue weighted by atomic mass is 16.4. The van der Waals surface area contributed by atoms with Crippen LogP contribution in [0.1, 0.15) is 6.42 Å². The number of hydrogen-bond donors (Lipinski definition) is 2. The Kier molecular flexibility index (Phi) is 6.44. The molecule has 0 fully saturated rings. The van der Waals surface area contributed by atoms with Gasteiger partial charge in [-0.05, 0) is 0 Å². The van der Waals surface area contributed by atoms with E-state index in [4.69, 9.17) is 10.2 Å². The first kappa shape index (κ1) is 11.0. The second kappa shape index (κ2) is 5.27. The number of aliphatic hydroxyl groups is 1. The predicted molar refractivity (Wildman–Crippen MR) is 30.6 cm³/mol. The second-order valence-electron chi connectivity index (χ2n) is 1.38. The number of carboxylic acids is 1. The maximum absolute atomic E-state index is 9.88. The fourth-order valence-corrected chi connectivity index (χ4v) is 0.242. The van der Waals surface area contributed by atoms with Crippen LogP contribution in [-0.4, -0.2) is 22.8 Å². The summed E-state index contributed by atoms with van der Waals surface area (Å²) >= 11 is 0. The van der Waals surface area contributed by atoms with Gasteiger partial charge in [-0.15, -0.1) is 0 Å². The van der Waals surface area contributed by atoms with Crippen molar-refractivity contribution in [3.8, 4) is 0 Å². The molecule has 0 amide bonds. The number of hydrogen-bond acceptors (Lipinski definition) is 2. The number of aliphatic hydroxyl groups excluding tert-OH is 1. The molecule has 3 radical (unpaired) electrons. The number of carboxylic acid groups (broad SMARTS) is 1. The Balaban J connectivity index is 0. The van der Waals surface area contributed by atoms with Crippen LogP contribution in [0, 0.1) is 0 Å². The van der Waals surface area contributed by atoms with Gasteiger partial charge in [0.15, 0.2) is 0 Å². The van der Waals surface area contributed by atoms with Crippen molar-refractivity contribution in [3.63, 3.8) is 0 Å². The second-order valence-corrected chi connectivity index (χ2v) is 1.38. The standard InChI is InChI=1S/C5H8O3.N/c1-4(2-3-6)5(7)8;/h6H,1-3H2,(H,7,8);. The van der Waals surface area contributed by atoms with Crippen LogP contribution >= 0.6 is 0 Å². The lowest BCUT2D eigenvalue weighted by Crippen LogP contribution is -2.00. The molecule has 51 valence electrons. The van der Waals surface area contributed by atoms with Crippen molar-refractivity contribution in [3.05, 3.63) is 12.2 Å². The molecule has 0 aromatic carbocycles. The Morgan fingerprint density at radius 1 is 1.56 bits per heavy atom. The van der Waals surface area contributed by atoms with Crippen molar-refractivity contribution in [1.29, 1.82) is 0 Å². The molecule has 9 heavy (non-hydrogen) atoms. The minimum Gasteiger partial charge on any atom is -0.478 e. The Morgan fingerprint density at radius 2 is 2.00 bits per heavy atom. The molecule has 0 unspecified atom stereocenters. The van der Waals surface area contributed by atoms with Crippen LogP contribution in [0.2, 0.25) is 0 Å². The molecule has 0 saturated heterocycles. The first-order valence-electron chi connectivity index (χ1n) is 2.20. The summed E-state index contributed by atoms with van der Waals surface area (Å²) in [6.07, 6.45) is 0.148. The van der Waals surface area contributed by atoms with E-state index in [1.165, 1.54) is 0 Å². The van der Waals surface area contributed by atoms with E-state index >= 15 is 0 Å². The van der Waals surface area contributed by atoms with Crippen molar-refractivity contribution in [2.75, 3.05) is 6.61 Å². The fourth-order valence-electron chi connectivity index (χ4n) is 0.242. The molecule has 0 spiro atoms. The third kappa shape index (κ3) is 4.99. The van der Waals surface area contributed by atoms with Crippen molar-refractivity contribution in [1.82, 2.24) is 6.15 Å². The van der Waals surface area contributed by atoms with E-state index in [9.17, 15) is 4.79 Å². The Hall–Kier alpha value is -0.870. The largest absolute Gasteiger partial charge is 0.478 e. The monoisotopic (exact) mass is 130 g/mol. The molecule has 4 nitrogen and oxygen atoms in total. The lowest BCUT2D eigenvalue weighted by Gasteiger charge is -1.91. The first-order valence-corrected chi connectivity index (χ1v) is 2.20. The molecule has 0 aromatic heterocycles. The third-order valence-electron chi connectivity index (χ3n) is 0.716. The van der Waals surface area contributed by atoms with Crippen molar-refractivity contribution >= 4 is 5.97 Å². The number of carbonyl (C=O) groups is 1. The fraction of sp³-hybridized carbons (Fsp3) is 0.400. The molecule has 0 bridgehead atoms. The molecule has 0 aliphatic carbocycles. The van der Waals surface area contributed by atoms with Gasteiger partial charge in [-0.3, -0.25) is 0 Å². The topological polar surface area (TPSA) is 88.0 Å². The summed E-state index contributed by atoms with van der Waals surface area (Å²) in [5.74, 6) is -1.04. The van der Waals surface area contributed by atoms with E-state index < -0.39 is 5.97 Å². The highest BCUT2D eigenvalue weighted by Gasteiger charge is 1.99. The predicted octanol–water partition coefficient (Wildman–Crippen LogP) is -0.471. The van der Waals surface area contributed by atoms with Crippen molar-refractivity contribution < 1.29 is 15.0 Å². The van der Waals surface area contributed by atoms with Gasteiger partial charge < -0.3 is 10.2 Å². The molecule has 0 aromatic rings. The van der Waals surface area contributed by atoms with Crippen molar-refractivity contribution in [2.24, 2.45) is 0 Å². The van der Waals surface area contributed by atoms with Crippen LogP contribution in [-0.2, 0) is 4.79 Å². The summed E-state index contributed by atoms with van der Waals surface area (Å²) in [6.45, 7) is 3.04. The van der Waals surface area contributed by atoms with Gasteiger partial charge in [0.2, 0.25) is 0 Å². The van der Waals surface area contributed by atoms with Gasteiger partial charge in [0, 0.05) is 24.8 Å². The quantitative estimate of drug-likeness (QED) is 0.506. The average molecular weight is 130 g/mol. The van der Waals surface area contributed by atoms with Crippen LogP contribution in [0.15, 0.2) is 12.2 Å². The maximum Gasteiger partial charge on any atom is 0.331 e. The summed E-state index contributed by atoms with van der Waals surface area (Å²) in [6, 6.07) is 0. The van der Waals surface area contributed by atoms with Gasteiger partial charge in [0.25, 0.3) is 0 Å². The molecule has 0 aliphatic heterocycles. The lowest BCUT2D eigenvalue weighted by atomic mass is 10.2. The number of nitrogens with zero attached hydrogens (tertiary/aromatic N) is 1. The third-order valence-corrected chi connectivity index (χ3v) is 0.716. The van der Waals surface area contributed by atoms with Gasteiger partial charge in [-0.2, -0.15) is 0 Å². The SMILES string of the molecule is C=C(CCO)C(=O)O.[N]. The molecule has 4 heteroatoms. The molecule has 0 heterocycles. The maximum atomic E-state index is 9.88. The van der Waals surface area contributed by atoms with E-state index in [-0.39, 0.29) is 24.8 Å². The smallest absolute Gasteiger partial charge is 0.331 e. The summed E-state index contributed by atoms with van der Waals surface area (Å²) in [5, 5.41) is 16.3. The van der Waals surface area contributed by atoms with Gasteiger partial charge in [-0.1, -0.05) is 6.58 Å². The lowest BCUT2D eigenvalue weighted by molar-refractivity contribution is -0.132. The molecular weight excluding hydrogens is 122 g/mol. The van der Waals surface area contributed by atoms with E-state index in [1.807, 2.05) is 0 Å². The summed E-state index contributed by atoms with van der Waals surface area (Å²) in [4.78, 5) is 9.88. The van der Waals surface area contributed by atoms with Crippen LogP contribution < -0.4 is 6.15 Å². The zero-order valence-electron chi connectivity index (χ0n) is 4.87. The van der Waals surface area contributed by atoms with E-state index in [0.717, 1.165) is 0 Å². The molecular formula is C5H8NO3. The van der Waals surface area contributed by atoms with E-state index in [1.54, 1.807) is 0 Å². The van der Waals surface area contributed by atoms with Crippen molar-refractivity contribution in [2.45, 2.75) is 6.42 Å². The summed E-state index contributed by atoms with van der Waals surface area (Å²) in [7, 11) is 0. The number of aliphatic carboxylic acids is 1. The highest BCUT2D eigenvalue weighted by molar-refractivity contribution is 5.85. The minimum absolute atomic E-state index is 0. The van der Waals surface area contributed by atoms with Gasteiger partial charge in [0.1, 0.15) is 0 Å². The van der Waals surface area contributed by atoms with Gasteiger partial charge >= 0.3 is 5.97 Å². The van der Waals surface area contributed by atoms with Gasteiger partial charge in [-0.25, -0.2) is 4.79 Å². The summed E-state index contributed by atoms with van der Waals surface area (Å²) < 4.78 is 0. The molecule has 2 N–H and O–H groups in total. The van der Waals surface area contributed by atoms with Gasteiger partial charge in [0.05, 0.1) is 0 Å². The number of rotatable bonds is 3. The first-order chi connectivity index (χ1) is 3.68. The normalized spacial score (nSPS) is 7.67. The Morgan fingerprint density at radius 3 is 2.11 bits per heavy atom. The van der Waals surface area contributed by atoms with E-state index in [0.29, 0.717) is 0 Å². The summed E-state index contributed by atoms with van der Waals surface area (Å²) in [5.41, 5.74) is 0.0486. The Bertz CT molecular complexity index is 111. The Labute approximate surface area is 53.4 Å². The highest BCUT2D eigenvalue weighted by Crippen LogP contribution is 1.94. The van der Waals surface area contributed by atoms with Crippen LogP contribution in [0.4, 0.5) is 0 Å².